The number of para-hydroxylation sites is 1. The average molecular weight is 368 g/mol. The van der Waals surface area contributed by atoms with Crippen LogP contribution in [0, 0.1) is 0 Å². The normalized spacial score (nSPS) is 10.7. The molecule has 0 amide bonds. The lowest BCUT2D eigenvalue weighted by atomic mass is 10.1. The highest BCUT2D eigenvalue weighted by Gasteiger charge is 2.06. The molecule has 0 unspecified atom stereocenters. The second-order valence-corrected chi connectivity index (χ2v) is 6.20. The Bertz CT molecular complexity index is 719. The molecule has 0 radical (unpaired) electrons. The van der Waals surface area contributed by atoms with E-state index in [1.807, 2.05) is 48.5 Å². The molecule has 2 aromatic carbocycles. The predicted molar refractivity (Wildman–Crippen MR) is 108 cm³/mol. The molecule has 0 saturated heterocycles. The molecule has 0 fully saturated rings. The first-order chi connectivity index (χ1) is 13.2. The van der Waals surface area contributed by atoms with Crippen molar-refractivity contribution in [1.82, 2.24) is 0 Å². The van der Waals surface area contributed by atoms with Crippen molar-refractivity contribution < 1.29 is 19.0 Å². The second kappa shape index (κ2) is 11.8. The molecule has 0 aliphatic heterocycles. The third kappa shape index (κ3) is 7.57. The third-order valence-electron chi connectivity index (χ3n) is 4.25. The van der Waals surface area contributed by atoms with Crippen molar-refractivity contribution in [2.24, 2.45) is 0 Å². The summed E-state index contributed by atoms with van der Waals surface area (Å²) in [5.74, 6) is 1.53. The molecule has 0 heterocycles. The van der Waals surface area contributed by atoms with Crippen LogP contribution in [0.3, 0.4) is 0 Å². The zero-order valence-electron chi connectivity index (χ0n) is 16.1. The number of carbonyl (C=O) groups is 1. The Balaban J connectivity index is 1.67. The Morgan fingerprint density at radius 3 is 2.52 bits per heavy atom. The predicted octanol–water partition coefficient (Wildman–Crippen LogP) is 5.06. The molecule has 0 saturated carbocycles. The monoisotopic (exact) mass is 368 g/mol. The molecule has 0 atom stereocenters. The van der Waals surface area contributed by atoms with Gasteiger partial charge >= 0.3 is 5.97 Å². The molecule has 2 aromatic rings. The lowest BCUT2D eigenvalue weighted by Gasteiger charge is -2.10. The standard InChI is InChI=1S/C23H28O4/c1-25-21-15-12-19(13-16-21)9-5-3-4-8-18-27-22-11-7-6-10-20(22)14-17-23(24)26-2/h5-7,9-13,15-16H,3-4,8,14,17-18H2,1-2H3. The summed E-state index contributed by atoms with van der Waals surface area (Å²) in [4.78, 5) is 11.3. The summed E-state index contributed by atoms with van der Waals surface area (Å²) in [6.07, 6.45) is 8.38. The van der Waals surface area contributed by atoms with Crippen molar-refractivity contribution >= 4 is 12.0 Å². The number of esters is 1. The van der Waals surface area contributed by atoms with Gasteiger partial charge in [0.1, 0.15) is 11.5 Å². The molecule has 27 heavy (non-hydrogen) atoms. The van der Waals surface area contributed by atoms with Crippen LogP contribution in [0.25, 0.3) is 6.08 Å². The molecule has 2 rings (SSSR count). The van der Waals surface area contributed by atoms with E-state index in [4.69, 9.17) is 14.2 Å². The summed E-state index contributed by atoms with van der Waals surface area (Å²) in [6, 6.07) is 15.9. The summed E-state index contributed by atoms with van der Waals surface area (Å²) < 4.78 is 15.8. The zero-order chi connectivity index (χ0) is 19.3. The molecule has 144 valence electrons. The van der Waals surface area contributed by atoms with Gasteiger partial charge in [0.2, 0.25) is 0 Å². The first kappa shape index (κ1) is 20.6. The fourth-order valence-electron chi connectivity index (χ4n) is 2.67. The van der Waals surface area contributed by atoms with Gasteiger partial charge in [-0.2, -0.15) is 0 Å². The van der Waals surface area contributed by atoms with Crippen LogP contribution in [-0.2, 0) is 16.0 Å². The maximum absolute atomic E-state index is 11.3. The fraction of sp³-hybridized carbons (Fsp3) is 0.348. The van der Waals surface area contributed by atoms with Crippen molar-refractivity contribution in [2.75, 3.05) is 20.8 Å². The van der Waals surface area contributed by atoms with Crippen LogP contribution in [0.4, 0.5) is 0 Å². The van der Waals surface area contributed by atoms with Gasteiger partial charge < -0.3 is 14.2 Å². The van der Waals surface area contributed by atoms with Crippen LogP contribution >= 0.6 is 0 Å². The van der Waals surface area contributed by atoms with E-state index in [2.05, 4.69) is 12.2 Å². The molecule has 0 aliphatic rings. The minimum Gasteiger partial charge on any atom is -0.497 e. The highest BCUT2D eigenvalue weighted by atomic mass is 16.5. The number of carbonyl (C=O) groups excluding carboxylic acids is 1. The van der Waals surface area contributed by atoms with Crippen LogP contribution < -0.4 is 9.47 Å². The number of rotatable bonds is 11. The quantitative estimate of drug-likeness (QED) is 0.411. The Hall–Kier alpha value is -2.75. The van der Waals surface area contributed by atoms with E-state index >= 15 is 0 Å². The minimum absolute atomic E-state index is 0.201. The average Bonchev–Trinajstić information content (AvgIpc) is 2.72. The van der Waals surface area contributed by atoms with E-state index in [0.29, 0.717) is 19.4 Å². The van der Waals surface area contributed by atoms with E-state index in [1.165, 1.54) is 12.7 Å². The van der Waals surface area contributed by atoms with Crippen molar-refractivity contribution in [2.45, 2.75) is 32.1 Å². The van der Waals surface area contributed by atoms with E-state index in [0.717, 1.165) is 36.3 Å². The van der Waals surface area contributed by atoms with Gasteiger partial charge in [0.15, 0.2) is 0 Å². The van der Waals surface area contributed by atoms with Gasteiger partial charge in [0.25, 0.3) is 0 Å². The number of benzene rings is 2. The molecule has 0 aromatic heterocycles. The van der Waals surface area contributed by atoms with Crippen LogP contribution in [0.2, 0.25) is 0 Å². The van der Waals surface area contributed by atoms with Crippen LogP contribution in [0.5, 0.6) is 11.5 Å². The maximum Gasteiger partial charge on any atom is 0.305 e. The third-order valence-corrected chi connectivity index (χ3v) is 4.25. The molecule has 0 N–H and O–H groups in total. The van der Waals surface area contributed by atoms with Gasteiger partial charge in [-0.05, 0) is 55.0 Å². The molecule has 4 heteroatoms. The number of methoxy groups -OCH3 is 2. The number of hydrogen-bond donors (Lipinski definition) is 0. The first-order valence-corrected chi connectivity index (χ1v) is 9.31. The van der Waals surface area contributed by atoms with Gasteiger partial charge in [-0.15, -0.1) is 0 Å². The second-order valence-electron chi connectivity index (χ2n) is 6.20. The number of aryl methyl sites for hydroxylation is 1. The SMILES string of the molecule is COC(=O)CCc1ccccc1OCCCCC=Cc1ccc(OC)cc1. The molecular weight excluding hydrogens is 340 g/mol. The Morgan fingerprint density at radius 2 is 1.78 bits per heavy atom. The van der Waals surface area contributed by atoms with E-state index < -0.39 is 0 Å². The van der Waals surface area contributed by atoms with Gasteiger partial charge in [-0.3, -0.25) is 4.79 Å². The van der Waals surface area contributed by atoms with Gasteiger partial charge in [-0.25, -0.2) is 0 Å². The number of unbranched alkanes of at least 4 members (excludes halogenated alkanes) is 2. The maximum atomic E-state index is 11.3. The highest BCUT2D eigenvalue weighted by molar-refractivity contribution is 5.69. The molecule has 0 spiro atoms. The van der Waals surface area contributed by atoms with E-state index in [9.17, 15) is 4.79 Å². The summed E-state index contributed by atoms with van der Waals surface area (Å²) in [7, 11) is 3.08. The topological polar surface area (TPSA) is 44.8 Å². The largest absolute Gasteiger partial charge is 0.497 e. The summed E-state index contributed by atoms with van der Waals surface area (Å²) in [5, 5.41) is 0. The first-order valence-electron chi connectivity index (χ1n) is 9.31. The lowest BCUT2D eigenvalue weighted by molar-refractivity contribution is -0.140. The smallest absolute Gasteiger partial charge is 0.305 e. The van der Waals surface area contributed by atoms with Gasteiger partial charge in [-0.1, -0.05) is 42.5 Å². The van der Waals surface area contributed by atoms with Crippen molar-refractivity contribution in [3.63, 3.8) is 0 Å². The summed E-state index contributed by atoms with van der Waals surface area (Å²) in [5.41, 5.74) is 2.22. The molecule has 0 bridgehead atoms. The van der Waals surface area contributed by atoms with Crippen molar-refractivity contribution in [1.29, 1.82) is 0 Å². The van der Waals surface area contributed by atoms with Crippen LogP contribution in [-0.4, -0.2) is 26.8 Å². The Labute approximate surface area is 161 Å². The zero-order valence-corrected chi connectivity index (χ0v) is 16.1. The number of ether oxygens (including phenoxy) is 3. The van der Waals surface area contributed by atoms with E-state index in [1.54, 1.807) is 7.11 Å². The Morgan fingerprint density at radius 1 is 1.00 bits per heavy atom. The highest BCUT2D eigenvalue weighted by Crippen LogP contribution is 2.20. The number of hydrogen-bond acceptors (Lipinski definition) is 4. The van der Waals surface area contributed by atoms with E-state index in [-0.39, 0.29) is 5.97 Å². The minimum atomic E-state index is -0.201. The Kier molecular flexibility index (Phi) is 8.98. The molecular formula is C23H28O4. The lowest BCUT2D eigenvalue weighted by Crippen LogP contribution is -2.04. The van der Waals surface area contributed by atoms with Crippen LogP contribution in [0.15, 0.2) is 54.6 Å². The molecule has 4 nitrogen and oxygen atoms in total. The summed E-state index contributed by atoms with van der Waals surface area (Å²) >= 11 is 0. The van der Waals surface area contributed by atoms with Crippen molar-refractivity contribution in [3.8, 4) is 11.5 Å². The van der Waals surface area contributed by atoms with Gasteiger partial charge in [0.05, 0.1) is 20.8 Å². The number of allylic oxidation sites excluding steroid dienone is 1. The van der Waals surface area contributed by atoms with Crippen LogP contribution in [0.1, 0.15) is 36.8 Å². The van der Waals surface area contributed by atoms with Crippen molar-refractivity contribution in [3.05, 3.63) is 65.7 Å². The fourth-order valence-corrected chi connectivity index (χ4v) is 2.67. The van der Waals surface area contributed by atoms with Gasteiger partial charge in [0, 0.05) is 6.42 Å². The summed E-state index contributed by atoms with van der Waals surface area (Å²) in [6.45, 7) is 0.672. The molecule has 0 aliphatic carbocycles.